The molecule has 3 nitrogen and oxygen atoms in total. The van der Waals surface area contributed by atoms with Crippen LogP contribution in [-0.4, -0.2) is 35.6 Å². The summed E-state index contributed by atoms with van der Waals surface area (Å²) < 4.78 is 0. The molecule has 84 valence electrons. The Kier molecular flexibility index (Phi) is 4.43. The fourth-order valence-electron chi connectivity index (χ4n) is 1.61. The summed E-state index contributed by atoms with van der Waals surface area (Å²) in [7, 11) is 0. The Morgan fingerprint density at radius 3 is 3.27 bits per heavy atom. The molecule has 0 spiro atoms. The Labute approximate surface area is 99.1 Å². The standard InChI is InChI=1S/C10H17N3S2/c1-8-10(15-7-13-8)5-11-4-9-6-14-3-2-12-9/h7,9,11-12H,2-6H2,1H3. The van der Waals surface area contributed by atoms with E-state index >= 15 is 0 Å². The summed E-state index contributed by atoms with van der Waals surface area (Å²) in [5.41, 5.74) is 3.08. The first-order valence-corrected chi connectivity index (χ1v) is 7.30. The molecule has 2 N–H and O–H groups in total. The number of rotatable bonds is 4. The number of aromatic nitrogens is 1. The summed E-state index contributed by atoms with van der Waals surface area (Å²) in [6.45, 7) is 5.24. The lowest BCUT2D eigenvalue weighted by molar-refractivity contribution is 0.514. The van der Waals surface area contributed by atoms with Crippen molar-refractivity contribution in [3.8, 4) is 0 Å². The van der Waals surface area contributed by atoms with Gasteiger partial charge in [-0.2, -0.15) is 11.8 Å². The van der Waals surface area contributed by atoms with Gasteiger partial charge in [-0.1, -0.05) is 0 Å². The first-order valence-electron chi connectivity index (χ1n) is 5.27. The minimum Gasteiger partial charge on any atom is -0.311 e. The third-order valence-corrected chi connectivity index (χ3v) is 4.59. The average molecular weight is 243 g/mol. The van der Waals surface area contributed by atoms with Gasteiger partial charge in [-0.05, 0) is 6.92 Å². The molecule has 2 rings (SSSR count). The molecule has 1 fully saturated rings. The predicted molar refractivity (Wildman–Crippen MR) is 67.7 cm³/mol. The van der Waals surface area contributed by atoms with E-state index < -0.39 is 0 Å². The Morgan fingerprint density at radius 2 is 2.60 bits per heavy atom. The summed E-state index contributed by atoms with van der Waals surface area (Å²) in [4.78, 5) is 5.60. The van der Waals surface area contributed by atoms with Crippen LogP contribution < -0.4 is 10.6 Å². The third kappa shape index (κ3) is 3.45. The molecule has 0 aromatic carbocycles. The van der Waals surface area contributed by atoms with E-state index in [4.69, 9.17) is 0 Å². The maximum absolute atomic E-state index is 4.24. The SMILES string of the molecule is Cc1ncsc1CNCC1CSCCN1. The zero-order valence-electron chi connectivity index (χ0n) is 8.95. The van der Waals surface area contributed by atoms with Crippen molar-refractivity contribution in [3.05, 3.63) is 16.1 Å². The minimum absolute atomic E-state index is 0.636. The van der Waals surface area contributed by atoms with Crippen LogP contribution in [0, 0.1) is 6.92 Å². The second kappa shape index (κ2) is 5.84. The molecular formula is C10H17N3S2. The first kappa shape index (κ1) is 11.4. The van der Waals surface area contributed by atoms with Crippen molar-refractivity contribution in [2.24, 2.45) is 0 Å². The number of hydrogen-bond donors (Lipinski definition) is 2. The molecule has 5 heteroatoms. The molecule has 2 heterocycles. The van der Waals surface area contributed by atoms with Gasteiger partial charge in [0.25, 0.3) is 0 Å². The summed E-state index contributed by atoms with van der Waals surface area (Å²) in [5, 5.41) is 7.01. The van der Waals surface area contributed by atoms with Gasteiger partial charge in [-0.25, -0.2) is 4.98 Å². The van der Waals surface area contributed by atoms with E-state index in [9.17, 15) is 0 Å². The van der Waals surface area contributed by atoms with Gasteiger partial charge in [0, 0.05) is 42.1 Å². The van der Waals surface area contributed by atoms with E-state index in [2.05, 4.69) is 22.5 Å². The Bertz CT molecular complexity index is 295. The van der Waals surface area contributed by atoms with E-state index in [0.717, 1.165) is 19.6 Å². The molecule has 0 radical (unpaired) electrons. The molecule has 1 atom stereocenters. The first-order chi connectivity index (χ1) is 7.36. The van der Waals surface area contributed by atoms with Crippen molar-refractivity contribution in [1.82, 2.24) is 15.6 Å². The molecule has 0 bridgehead atoms. The van der Waals surface area contributed by atoms with Crippen LogP contribution in [0.5, 0.6) is 0 Å². The van der Waals surface area contributed by atoms with Crippen LogP contribution in [0.15, 0.2) is 5.51 Å². The van der Waals surface area contributed by atoms with Crippen molar-refractivity contribution >= 4 is 23.1 Å². The van der Waals surface area contributed by atoms with Crippen LogP contribution in [0.3, 0.4) is 0 Å². The fourth-order valence-corrected chi connectivity index (χ4v) is 3.30. The lowest BCUT2D eigenvalue weighted by Gasteiger charge is -2.23. The molecule has 1 aliphatic rings. The zero-order chi connectivity index (χ0) is 10.5. The van der Waals surface area contributed by atoms with Gasteiger partial charge < -0.3 is 10.6 Å². The van der Waals surface area contributed by atoms with Crippen molar-refractivity contribution in [2.45, 2.75) is 19.5 Å². The second-order valence-corrected chi connectivity index (χ2v) is 5.81. The zero-order valence-corrected chi connectivity index (χ0v) is 10.6. The predicted octanol–water partition coefficient (Wildman–Crippen LogP) is 1.25. The van der Waals surface area contributed by atoms with Gasteiger partial charge in [-0.15, -0.1) is 11.3 Å². The molecule has 1 aliphatic heterocycles. The molecule has 0 aliphatic carbocycles. The quantitative estimate of drug-likeness (QED) is 0.834. The number of aryl methyl sites for hydroxylation is 1. The largest absolute Gasteiger partial charge is 0.311 e. The highest BCUT2D eigenvalue weighted by atomic mass is 32.2. The minimum atomic E-state index is 0.636. The molecule has 1 saturated heterocycles. The third-order valence-electron chi connectivity index (χ3n) is 2.52. The maximum Gasteiger partial charge on any atom is 0.0798 e. The van der Waals surface area contributed by atoms with Gasteiger partial charge in [0.1, 0.15) is 0 Å². The number of hydrogen-bond acceptors (Lipinski definition) is 5. The number of thiazole rings is 1. The van der Waals surface area contributed by atoms with E-state index in [-0.39, 0.29) is 0 Å². The van der Waals surface area contributed by atoms with Crippen LogP contribution in [0.4, 0.5) is 0 Å². The normalized spacial score (nSPS) is 21.8. The lowest BCUT2D eigenvalue weighted by Crippen LogP contribution is -2.44. The van der Waals surface area contributed by atoms with Gasteiger partial charge in [0.05, 0.1) is 11.2 Å². The van der Waals surface area contributed by atoms with Crippen molar-refractivity contribution < 1.29 is 0 Å². The van der Waals surface area contributed by atoms with Gasteiger partial charge >= 0.3 is 0 Å². The van der Waals surface area contributed by atoms with Crippen molar-refractivity contribution in [2.75, 3.05) is 24.6 Å². The highest BCUT2D eigenvalue weighted by Crippen LogP contribution is 2.11. The number of nitrogens with one attached hydrogen (secondary N) is 2. The molecule has 0 amide bonds. The van der Waals surface area contributed by atoms with Crippen molar-refractivity contribution in [3.63, 3.8) is 0 Å². The Hall–Kier alpha value is -0.100. The number of thioether (sulfide) groups is 1. The van der Waals surface area contributed by atoms with E-state index in [1.165, 1.54) is 22.1 Å². The number of nitrogens with zero attached hydrogens (tertiary/aromatic N) is 1. The molecule has 1 aromatic rings. The van der Waals surface area contributed by atoms with E-state index in [0.29, 0.717) is 6.04 Å². The summed E-state index contributed by atoms with van der Waals surface area (Å²) >= 11 is 3.78. The van der Waals surface area contributed by atoms with Crippen LogP contribution in [-0.2, 0) is 6.54 Å². The van der Waals surface area contributed by atoms with Crippen LogP contribution in [0.1, 0.15) is 10.6 Å². The molecular weight excluding hydrogens is 226 g/mol. The topological polar surface area (TPSA) is 37.0 Å². The maximum atomic E-state index is 4.24. The van der Waals surface area contributed by atoms with E-state index in [1.54, 1.807) is 11.3 Å². The lowest BCUT2D eigenvalue weighted by atomic mass is 10.3. The van der Waals surface area contributed by atoms with Crippen LogP contribution in [0.25, 0.3) is 0 Å². The molecule has 1 unspecified atom stereocenters. The highest BCUT2D eigenvalue weighted by Gasteiger charge is 2.12. The van der Waals surface area contributed by atoms with Crippen molar-refractivity contribution in [1.29, 1.82) is 0 Å². The Balaban J connectivity index is 1.68. The summed E-state index contributed by atoms with van der Waals surface area (Å²) in [6.07, 6.45) is 0. The average Bonchev–Trinajstić information content (AvgIpc) is 2.66. The summed E-state index contributed by atoms with van der Waals surface area (Å²) in [6, 6.07) is 0.636. The van der Waals surface area contributed by atoms with Crippen LogP contribution in [0.2, 0.25) is 0 Å². The monoisotopic (exact) mass is 243 g/mol. The van der Waals surface area contributed by atoms with Gasteiger partial charge in [-0.3, -0.25) is 0 Å². The van der Waals surface area contributed by atoms with Gasteiger partial charge in [0.15, 0.2) is 0 Å². The highest BCUT2D eigenvalue weighted by molar-refractivity contribution is 7.99. The van der Waals surface area contributed by atoms with Crippen LogP contribution >= 0.6 is 23.1 Å². The van der Waals surface area contributed by atoms with E-state index in [1.807, 2.05) is 17.3 Å². The molecule has 1 aromatic heterocycles. The van der Waals surface area contributed by atoms with Gasteiger partial charge in [0.2, 0.25) is 0 Å². The summed E-state index contributed by atoms with van der Waals surface area (Å²) in [5.74, 6) is 2.49. The second-order valence-electron chi connectivity index (χ2n) is 3.72. The molecule has 15 heavy (non-hydrogen) atoms. The Morgan fingerprint density at radius 1 is 1.67 bits per heavy atom. The fraction of sp³-hybridized carbons (Fsp3) is 0.700. The smallest absolute Gasteiger partial charge is 0.0798 e. The molecule has 0 saturated carbocycles.